The molecule has 7 aromatic carbocycles. The fraction of sp³-hybridized carbons (Fsp3) is 0.116. The van der Waals surface area contributed by atoms with Crippen molar-refractivity contribution in [1.29, 1.82) is 0 Å². The van der Waals surface area contributed by atoms with Crippen LogP contribution in [0.5, 0.6) is 5.75 Å². The zero-order valence-electron chi connectivity index (χ0n) is 26.7. The summed E-state index contributed by atoms with van der Waals surface area (Å²) in [6, 6.07) is 60.4. The molecule has 2 heterocycles. The predicted octanol–water partition coefficient (Wildman–Crippen LogP) is 10.0. The van der Waals surface area contributed by atoms with Gasteiger partial charge in [-0.15, -0.1) is 0 Å². The first-order valence-electron chi connectivity index (χ1n) is 16.8. The molecule has 48 heavy (non-hydrogen) atoms. The van der Waals surface area contributed by atoms with Crippen molar-refractivity contribution in [2.24, 2.45) is 0 Å². The second-order valence-electron chi connectivity index (χ2n) is 12.6. The van der Waals surface area contributed by atoms with Crippen molar-refractivity contribution in [2.45, 2.75) is 18.9 Å². The smallest absolute Gasteiger partial charge is 0.279 e. The Morgan fingerprint density at radius 1 is 0.562 bits per heavy atom. The van der Waals surface area contributed by atoms with Crippen LogP contribution in [0.1, 0.15) is 12.8 Å². The van der Waals surface area contributed by atoms with Crippen molar-refractivity contribution in [3.8, 4) is 16.9 Å². The molecule has 2 saturated heterocycles. The van der Waals surface area contributed by atoms with E-state index in [9.17, 15) is 0 Å². The molecule has 0 bridgehead atoms. The molecule has 2 atom stereocenters. The van der Waals surface area contributed by atoms with E-state index in [4.69, 9.17) is 4.52 Å². The molecule has 0 amide bonds. The molecule has 9 rings (SSSR count). The maximum Gasteiger partial charge on any atom is 0.279 e. The first-order valence-corrected chi connectivity index (χ1v) is 19.4. The molecule has 2 aliphatic heterocycles. The van der Waals surface area contributed by atoms with Gasteiger partial charge >= 0.3 is 0 Å². The summed E-state index contributed by atoms with van der Waals surface area (Å²) < 4.78 is 12.6. The average Bonchev–Trinajstić information content (AvgIpc) is 3.76. The van der Waals surface area contributed by atoms with Crippen LogP contribution >= 0.6 is 16.4 Å². The number of benzene rings is 7. The highest BCUT2D eigenvalue weighted by atomic mass is 31.2. The predicted molar refractivity (Wildman–Crippen MR) is 207 cm³/mol. The Morgan fingerprint density at radius 2 is 1.12 bits per heavy atom. The summed E-state index contributed by atoms with van der Waals surface area (Å²) in [5.74, 6) is 0.960. The monoisotopic (exact) mass is 658 g/mol. The molecule has 1 unspecified atom stereocenters. The van der Waals surface area contributed by atoms with Crippen LogP contribution in [-0.4, -0.2) is 23.8 Å². The average molecular weight is 659 g/mol. The maximum atomic E-state index is 7.47. The number of hydrogen-bond acceptors (Lipinski definition) is 3. The fourth-order valence-corrected chi connectivity index (χ4v) is 12.2. The van der Waals surface area contributed by atoms with E-state index in [0.29, 0.717) is 6.04 Å². The standard InChI is InChI=1S/C43H36N2OP2/c1-4-17-34(18-5-1)45-31-35-19-14-30-44(35)48(45)46-40-28-26-32-15-10-12-24-38(32)42(40)43-39-25-13-11-16-33(39)27-29-41(43)47(36-20-6-2-7-21-36)37-22-8-3-9-23-37/h1-13,15-18,20-29,35H,14,19,30-31H2/t35-,48?/m0/s1. The Bertz CT molecular complexity index is 2170. The number of nitrogens with zero attached hydrogens (tertiary/aromatic N) is 2. The lowest BCUT2D eigenvalue weighted by Gasteiger charge is -2.31. The Labute approximate surface area is 285 Å². The SMILES string of the molecule is c1ccc(N2C[C@@H]3CCCN3P2Oc2ccc3ccccc3c2-c2c(P(c3ccccc3)c3ccccc3)ccc3ccccc23)cc1. The van der Waals surface area contributed by atoms with Gasteiger partial charge in [0.05, 0.1) is 0 Å². The third-order valence-corrected chi connectivity index (χ3v) is 14.3. The molecule has 0 spiro atoms. The van der Waals surface area contributed by atoms with Gasteiger partial charge in [-0.1, -0.05) is 146 Å². The van der Waals surface area contributed by atoms with Crippen LogP contribution < -0.4 is 25.1 Å². The normalized spacial score (nSPS) is 17.7. The molecular formula is C43H36N2OP2. The molecule has 2 fully saturated rings. The van der Waals surface area contributed by atoms with Crippen molar-refractivity contribution in [1.82, 2.24) is 4.67 Å². The maximum absolute atomic E-state index is 7.47. The van der Waals surface area contributed by atoms with E-state index in [1.165, 1.54) is 67.1 Å². The second-order valence-corrected chi connectivity index (χ2v) is 16.4. The van der Waals surface area contributed by atoms with Gasteiger partial charge in [0.25, 0.3) is 8.45 Å². The largest absolute Gasteiger partial charge is 0.440 e. The fourth-order valence-electron chi connectivity index (χ4n) is 7.51. The van der Waals surface area contributed by atoms with Gasteiger partial charge in [-0.05, 0) is 76.4 Å². The molecule has 0 N–H and O–H groups in total. The quantitative estimate of drug-likeness (QED) is 0.159. The molecule has 7 aromatic rings. The van der Waals surface area contributed by atoms with Crippen LogP contribution in [0.3, 0.4) is 0 Å². The molecule has 0 aliphatic carbocycles. The van der Waals surface area contributed by atoms with Crippen molar-refractivity contribution in [3.63, 3.8) is 0 Å². The molecule has 5 heteroatoms. The topological polar surface area (TPSA) is 15.7 Å². The summed E-state index contributed by atoms with van der Waals surface area (Å²) in [5, 5.41) is 8.97. The van der Waals surface area contributed by atoms with Crippen molar-refractivity contribution < 1.29 is 4.52 Å². The summed E-state index contributed by atoms with van der Waals surface area (Å²) in [6.07, 6.45) is 2.45. The first kappa shape index (κ1) is 29.6. The molecule has 0 saturated carbocycles. The number of rotatable bonds is 7. The third kappa shape index (κ3) is 5.28. The molecular weight excluding hydrogens is 622 g/mol. The highest BCUT2D eigenvalue weighted by Crippen LogP contribution is 2.58. The Kier molecular flexibility index (Phi) is 7.91. The molecule has 3 nitrogen and oxygen atoms in total. The van der Waals surface area contributed by atoms with Gasteiger partial charge in [0.1, 0.15) is 5.75 Å². The van der Waals surface area contributed by atoms with Gasteiger partial charge in [0, 0.05) is 35.9 Å². The van der Waals surface area contributed by atoms with Gasteiger partial charge < -0.3 is 9.19 Å². The number of para-hydroxylation sites is 1. The number of hydrogen-bond donors (Lipinski definition) is 0. The minimum Gasteiger partial charge on any atom is -0.440 e. The van der Waals surface area contributed by atoms with Gasteiger partial charge in [-0.25, -0.2) is 4.67 Å². The van der Waals surface area contributed by atoms with E-state index in [0.717, 1.165) is 18.8 Å². The molecule has 0 aromatic heterocycles. The number of anilines is 1. The Balaban J connectivity index is 1.31. The molecule has 2 aliphatic rings. The lowest BCUT2D eigenvalue weighted by atomic mass is 9.93. The van der Waals surface area contributed by atoms with E-state index in [2.05, 4.69) is 173 Å². The van der Waals surface area contributed by atoms with Crippen molar-refractivity contribution in [3.05, 3.63) is 164 Å². The van der Waals surface area contributed by atoms with Crippen molar-refractivity contribution >= 4 is 59.5 Å². The van der Waals surface area contributed by atoms with E-state index in [1.807, 2.05) is 0 Å². The zero-order chi connectivity index (χ0) is 31.9. The molecule has 0 radical (unpaired) electrons. The van der Waals surface area contributed by atoms with E-state index < -0.39 is 16.4 Å². The minimum atomic E-state index is -1.05. The first-order chi connectivity index (χ1) is 23.8. The zero-order valence-corrected chi connectivity index (χ0v) is 28.5. The Hall–Kier alpha value is -4.52. The third-order valence-electron chi connectivity index (χ3n) is 9.71. The van der Waals surface area contributed by atoms with E-state index >= 15 is 0 Å². The minimum absolute atomic E-state index is 0.525. The Morgan fingerprint density at radius 3 is 1.79 bits per heavy atom. The van der Waals surface area contributed by atoms with Crippen LogP contribution in [0.4, 0.5) is 5.69 Å². The van der Waals surface area contributed by atoms with Crippen LogP contribution in [-0.2, 0) is 0 Å². The van der Waals surface area contributed by atoms with Crippen LogP contribution in [0, 0.1) is 0 Å². The van der Waals surface area contributed by atoms with Crippen molar-refractivity contribution in [2.75, 3.05) is 17.8 Å². The van der Waals surface area contributed by atoms with E-state index in [1.54, 1.807) is 0 Å². The summed E-state index contributed by atoms with van der Waals surface area (Å²) >= 11 is 0. The van der Waals surface area contributed by atoms with Gasteiger partial charge in [-0.2, -0.15) is 0 Å². The highest BCUT2D eigenvalue weighted by Gasteiger charge is 2.45. The molecule has 234 valence electrons. The number of fused-ring (bicyclic) bond motifs is 3. The highest BCUT2D eigenvalue weighted by molar-refractivity contribution is 7.80. The lowest BCUT2D eigenvalue weighted by Crippen LogP contribution is -2.23. The lowest BCUT2D eigenvalue weighted by molar-refractivity contribution is 0.432. The summed E-state index contributed by atoms with van der Waals surface area (Å²) in [5.41, 5.74) is 3.71. The summed E-state index contributed by atoms with van der Waals surface area (Å²) in [6.45, 7) is 2.08. The van der Waals surface area contributed by atoms with Gasteiger partial charge in [-0.3, -0.25) is 0 Å². The summed E-state index contributed by atoms with van der Waals surface area (Å²) in [4.78, 5) is 0. The van der Waals surface area contributed by atoms with Gasteiger partial charge in [0.2, 0.25) is 0 Å². The van der Waals surface area contributed by atoms with E-state index in [-0.39, 0.29) is 0 Å². The van der Waals surface area contributed by atoms with Crippen LogP contribution in [0.2, 0.25) is 0 Å². The second kappa shape index (κ2) is 12.8. The van der Waals surface area contributed by atoms with Crippen LogP contribution in [0.15, 0.2) is 164 Å². The van der Waals surface area contributed by atoms with Gasteiger partial charge in [0.15, 0.2) is 0 Å². The van der Waals surface area contributed by atoms with Crippen LogP contribution in [0.25, 0.3) is 32.7 Å². The summed E-state index contributed by atoms with van der Waals surface area (Å²) in [7, 11) is -1.92.